The maximum atomic E-state index is 13.1. The summed E-state index contributed by atoms with van der Waals surface area (Å²) in [5.41, 5.74) is 2.95. The van der Waals surface area contributed by atoms with E-state index in [1.165, 1.54) is 0 Å². The summed E-state index contributed by atoms with van der Waals surface area (Å²) < 4.78 is 11.7. The number of amides is 1. The summed E-state index contributed by atoms with van der Waals surface area (Å²) in [6.45, 7) is 9.93. The van der Waals surface area contributed by atoms with Crippen LogP contribution in [0.15, 0.2) is 59.0 Å². The number of hydrogen-bond donors (Lipinski definition) is 0. The molecule has 0 saturated heterocycles. The molecule has 0 bridgehead atoms. The molecule has 0 fully saturated rings. The zero-order chi connectivity index (χ0) is 21.0. The molecule has 0 aliphatic rings. The number of aromatic nitrogens is 1. The van der Waals surface area contributed by atoms with Crippen molar-refractivity contribution in [1.29, 1.82) is 0 Å². The van der Waals surface area contributed by atoms with Crippen molar-refractivity contribution in [2.24, 2.45) is 0 Å². The van der Waals surface area contributed by atoms with Crippen LogP contribution in [0.3, 0.4) is 0 Å². The Balaban J connectivity index is 1.74. The van der Waals surface area contributed by atoms with Crippen LogP contribution in [-0.2, 0) is 11.3 Å². The Bertz CT molecular complexity index is 946. The summed E-state index contributed by atoms with van der Waals surface area (Å²) in [6.07, 6.45) is -0.607. The minimum atomic E-state index is -0.607. The maximum Gasteiger partial charge on any atom is 0.264 e. The van der Waals surface area contributed by atoms with Gasteiger partial charge in [0.1, 0.15) is 17.2 Å². The Kier molecular flexibility index (Phi) is 6.37. The summed E-state index contributed by atoms with van der Waals surface area (Å²) in [4.78, 5) is 19.4. The fourth-order valence-corrected chi connectivity index (χ4v) is 3.15. The molecule has 29 heavy (non-hydrogen) atoms. The number of carbonyl (C=O) groups excluding carboxylic acids is 1. The highest BCUT2D eigenvalue weighted by molar-refractivity contribution is 5.81. The van der Waals surface area contributed by atoms with Crippen molar-refractivity contribution in [1.82, 2.24) is 9.88 Å². The van der Waals surface area contributed by atoms with Crippen molar-refractivity contribution in [3.63, 3.8) is 0 Å². The average Bonchev–Trinajstić information content (AvgIpc) is 3.08. The predicted octanol–water partition coefficient (Wildman–Crippen LogP) is 5.16. The maximum absolute atomic E-state index is 13.1. The molecule has 152 valence electrons. The topological polar surface area (TPSA) is 55.6 Å². The molecule has 1 atom stereocenters. The summed E-state index contributed by atoms with van der Waals surface area (Å²) in [6, 6.07) is 17.6. The zero-order valence-electron chi connectivity index (χ0n) is 17.7. The van der Waals surface area contributed by atoms with Crippen LogP contribution in [0.2, 0.25) is 0 Å². The highest BCUT2D eigenvalue weighted by atomic mass is 16.5. The SMILES string of the molecule is Cc1ccc(OC(C)C(=O)N(Cc2nc(-c3ccccc3)c(C)o2)C(C)C)cc1. The van der Waals surface area contributed by atoms with E-state index >= 15 is 0 Å². The molecule has 1 aromatic heterocycles. The van der Waals surface area contributed by atoms with E-state index in [2.05, 4.69) is 4.98 Å². The van der Waals surface area contributed by atoms with Gasteiger partial charge in [-0.1, -0.05) is 48.0 Å². The van der Waals surface area contributed by atoms with Gasteiger partial charge in [0, 0.05) is 11.6 Å². The van der Waals surface area contributed by atoms with Crippen LogP contribution in [0.5, 0.6) is 5.75 Å². The lowest BCUT2D eigenvalue weighted by Gasteiger charge is -2.28. The van der Waals surface area contributed by atoms with E-state index in [4.69, 9.17) is 9.15 Å². The molecular weight excluding hydrogens is 364 g/mol. The number of nitrogens with zero attached hydrogens (tertiary/aromatic N) is 2. The monoisotopic (exact) mass is 392 g/mol. The average molecular weight is 392 g/mol. The highest BCUT2D eigenvalue weighted by Crippen LogP contribution is 2.24. The third kappa shape index (κ3) is 5.05. The lowest BCUT2D eigenvalue weighted by atomic mass is 10.1. The predicted molar refractivity (Wildman–Crippen MR) is 114 cm³/mol. The van der Waals surface area contributed by atoms with Gasteiger partial charge in [-0.2, -0.15) is 0 Å². The molecule has 1 heterocycles. The Hall–Kier alpha value is -3.08. The Morgan fingerprint density at radius 2 is 1.69 bits per heavy atom. The lowest BCUT2D eigenvalue weighted by molar-refractivity contribution is -0.140. The second kappa shape index (κ2) is 8.95. The van der Waals surface area contributed by atoms with E-state index in [1.807, 2.05) is 82.3 Å². The first kappa shape index (κ1) is 20.6. The normalized spacial score (nSPS) is 12.1. The van der Waals surface area contributed by atoms with Gasteiger partial charge in [0.15, 0.2) is 6.10 Å². The molecule has 0 N–H and O–H groups in total. The van der Waals surface area contributed by atoms with Crippen molar-refractivity contribution < 1.29 is 13.9 Å². The van der Waals surface area contributed by atoms with Crippen LogP contribution in [0, 0.1) is 13.8 Å². The van der Waals surface area contributed by atoms with Gasteiger partial charge < -0.3 is 14.1 Å². The second-order valence-corrected chi connectivity index (χ2v) is 7.51. The van der Waals surface area contributed by atoms with Crippen LogP contribution in [0.1, 0.15) is 38.0 Å². The highest BCUT2D eigenvalue weighted by Gasteiger charge is 2.26. The van der Waals surface area contributed by atoms with Gasteiger partial charge in [0.2, 0.25) is 5.89 Å². The molecule has 3 aromatic rings. The van der Waals surface area contributed by atoms with Crippen LogP contribution in [0.25, 0.3) is 11.3 Å². The third-order valence-corrected chi connectivity index (χ3v) is 4.78. The number of aryl methyl sites for hydroxylation is 2. The van der Waals surface area contributed by atoms with E-state index in [1.54, 1.807) is 11.8 Å². The number of ether oxygens (including phenoxy) is 1. The molecule has 0 saturated carbocycles. The molecule has 0 aliphatic carbocycles. The van der Waals surface area contributed by atoms with Crippen LogP contribution in [0.4, 0.5) is 0 Å². The number of hydrogen-bond acceptors (Lipinski definition) is 4. The largest absolute Gasteiger partial charge is 0.481 e. The fourth-order valence-electron chi connectivity index (χ4n) is 3.15. The van der Waals surface area contributed by atoms with E-state index in [-0.39, 0.29) is 11.9 Å². The summed E-state index contributed by atoms with van der Waals surface area (Å²) >= 11 is 0. The molecule has 2 aromatic carbocycles. The minimum Gasteiger partial charge on any atom is -0.481 e. The van der Waals surface area contributed by atoms with Crippen molar-refractivity contribution in [3.8, 4) is 17.0 Å². The Morgan fingerprint density at radius 3 is 2.31 bits per heavy atom. The summed E-state index contributed by atoms with van der Waals surface area (Å²) in [7, 11) is 0. The van der Waals surface area contributed by atoms with Crippen LogP contribution < -0.4 is 4.74 Å². The molecule has 0 spiro atoms. The molecule has 1 unspecified atom stereocenters. The van der Waals surface area contributed by atoms with Gasteiger partial charge in [-0.3, -0.25) is 4.79 Å². The number of rotatable bonds is 7. The molecule has 0 aliphatic heterocycles. The molecule has 3 rings (SSSR count). The zero-order valence-corrected chi connectivity index (χ0v) is 17.7. The molecule has 5 heteroatoms. The van der Waals surface area contributed by atoms with Gasteiger partial charge in [-0.25, -0.2) is 4.98 Å². The molecule has 0 radical (unpaired) electrons. The van der Waals surface area contributed by atoms with Crippen molar-refractivity contribution >= 4 is 5.91 Å². The van der Waals surface area contributed by atoms with Gasteiger partial charge >= 0.3 is 0 Å². The van der Waals surface area contributed by atoms with Gasteiger partial charge in [0.25, 0.3) is 5.91 Å². The standard InChI is InChI=1S/C24H28N2O3/c1-16(2)26(24(27)19(5)28-21-13-11-17(3)12-14-21)15-22-25-23(18(4)29-22)20-9-7-6-8-10-20/h6-14,16,19H,15H2,1-5H3. The van der Waals surface area contributed by atoms with E-state index < -0.39 is 6.10 Å². The van der Waals surface area contributed by atoms with Gasteiger partial charge in [0.05, 0.1) is 6.54 Å². The molecule has 1 amide bonds. The van der Waals surface area contributed by atoms with Crippen molar-refractivity contribution in [3.05, 3.63) is 71.8 Å². The summed E-state index contributed by atoms with van der Waals surface area (Å²) in [5, 5.41) is 0. The van der Waals surface area contributed by atoms with E-state index in [0.717, 1.165) is 22.6 Å². The first-order chi connectivity index (χ1) is 13.8. The number of oxazole rings is 1. The van der Waals surface area contributed by atoms with Gasteiger partial charge in [-0.15, -0.1) is 0 Å². The Morgan fingerprint density at radius 1 is 1.03 bits per heavy atom. The smallest absolute Gasteiger partial charge is 0.264 e. The number of benzene rings is 2. The molecular formula is C24H28N2O3. The van der Waals surface area contributed by atoms with Crippen LogP contribution >= 0.6 is 0 Å². The first-order valence-corrected chi connectivity index (χ1v) is 9.90. The van der Waals surface area contributed by atoms with Crippen molar-refractivity contribution in [2.75, 3.05) is 0 Å². The lowest BCUT2D eigenvalue weighted by Crippen LogP contribution is -2.43. The third-order valence-electron chi connectivity index (χ3n) is 4.78. The van der Waals surface area contributed by atoms with E-state index in [0.29, 0.717) is 18.2 Å². The second-order valence-electron chi connectivity index (χ2n) is 7.51. The Labute approximate surface area is 172 Å². The first-order valence-electron chi connectivity index (χ1n) is 9.90. The van der Waals surface area contributed by atoms with Crippen molar-refractivity contribution in [2.45, 2.75) is 53.3 Å². The van der Waals surface area contributed by atoms with Crippen LogP contribution in [-0.4, -0.2) is 27.9 Å². The van der Waals surface area contributed by atoms with Gasteiger partial charge in [-0.05, 0) is 46.8 Å². The summed E-state index contributed by atoms with van der Waals surface area (Å²) in [5.74, 6) is 1.84. The number of carbonyl (C=O) groups is 1. The molecule has 5 nitrogen and oxygen atoms in total. The minimum absolute atomic E-state index is 0.0149. The van der Waals surface area contributed by atoms with E-state index in [9.17, 15) is 4.79 Å². The fraction of sp³-hybridized carbons (Fsp3) is 0.333. The quantitative estimate of drug-likeness (QED) is 0.557.